The number of aryl methyl sites for hydroxylation is 1. The molecule has 0 saturated carbocycles. The first-order valence-corrected chi connectivity index (χ1v) is 9.10. The molecular weight excluding hydrogens is 328 g/mol. The Bertz CT molecular complexity index is 1290. The molecule has 0 amide bonds. The van der Waals surface area contributed by atoms with Crippen molar-refractivity contribution >= 4 is 21.5 Å². The van der Waals surface area contributed by atoms with Gasteiger partial charge in [0, 0.05) is 17.1 Å². The summed E-state index contributed by atoms with van der Waals surface area (Å²) in [6.07, 6.45) is 1.92. The van der Waals surface area contributed by atoms with Gasteiger partial charge in [-0.2, -0.15) is 0 Å². The average Bonchev–Trinajstić information content (AvgIpc) is 2.73. The van der Waals surface area contributed by atoms with Crippen molar-refractivity contribution in [2.45, 2.75) is 6.92 Å². The lowest BCUT2D eigenvalue weighted by molar-refractivity contribution is 1.26. The number of nitrogens with zero attached hydrogens (tertiary/aromatic N) is 2. The summed E-state index contributed by atoms with van der Waals surface area (Å²) in [4.78, 5) is 9.55. The number of rotatable bonds is 2. The maximum atomic E-state index is 4.93. The summed E-state index contributed by atoms with van der Waals surface area (Å²) in [7, 11) is 0. The van der Waals surface area contributed by atoms with Crippen molar-refractivity contribution in [3.05, 3.63) is 96.7 Å². The smallest absolute Gasteiger partial charge is 0.0893 e. The van der Waals surface area contributed by atoms with E-state index in [1.807, 2.05) is 18.3 Å². The molecule has 5 rings (SSSR count). The molecule has 128 valence electrons. The summed E-state index contributed by atoms with van der Waals surface area (Å²) in [5.41, 5.74) is 5.16. The van der Waals surface area contributed by atoms with Crippen LogP contribution in [-0.2, 0) is 0 Å². The van der Waals surface area contributed by atoms with Crippen LogP contribution in [0.3, 0.4) is 0 Å². The molecule has 27 heavy (non-hydrogen) atoms. The van der Waals surface area contributed by atoms with Crippen molar-refractivity contribution in [3.8, 4) is 22.6 Å². The highest BCUT2D eigenvalue weighted by atomic mass is 14.8. The lowest BCUT2D eigenvalue weighted by Gasteiger charge is -2.10. The molecule has 0 saturated heterocycles. The van der Waals surface area contributed by atoms with Gasteiger partial charge in [0.05, 0.1) is 17.1 Å². The fourth-order valence-corrected chi connectivity index (χ4v) is 3.58. The van der Waals surface area contributed by atoms with Crippen LogP contribution in [-0.4, -0.2) is 9.97 Å². The fourth-order valence-electron chi connectivity index (χ4n) is 3.58. The van der Waals surface area contributed by atoms with Gasteiger partial charge in [-0.1, -0.05) is 60.7 Å². The Morgan fingerprint density at radius 3 is 1.96 bits per heavy atom. The van der Waals surface area contributed by atoms with Crippen LogP contribution in [0.2, 0.25) is 0 Å². The predicted molar refractivity (Wildman–Crippen MR) is 113 cm³/mol. The molecule has 2 heterocycles. The van der Waals surface area contributed by atoms with Crippen LogP contribution < -0.4 is 0 Å². The van der Waals surface area contributed by atoms with Gasteiger partial charge >= 0.3 is 0 Å². The van der Waals surface area contributed by atoms with Crippen molar-refractivity contribution in [2.24, 2.45) is 0 Å². The van der Waals surface area contributed by atoms with Gasteiger partial charge in [-0.25, -0.2) is 4.98 Å². The van der Waals surface area contributed by atoms with E-state index in [1.165, 1.54) is 21.7 Å². The predicted octanol–water partition coefficient (Wildman–Crippen LogP) is 6.43. The highest BCUT2D eigenvalue weighted by Gasteiger charge is 2.09. The molecule has 5 aromatic rings. The Balaban J connectivity index is 1.64. The quantitative estimate of drug-likeness (QED) is 0.368. The normalized spacial score (nSPS) is 11.1. The SMILES string of the molecule is Cc1cc2ccccc2cc1-c1cccc(-c2cc3ccccc3cn2)n1. The molecule has 0 spiro atoms. The summed E-state index contributed by atoms with van der Waals surface area (Å²) in [6, 6.07) is 29.4. The van der Waals surface area contributed by atoms with E-state index in [-0.39, 0.29) is 0 Å². The molecule has 0 radical (unpaired) electrons. The second-order valence-corrected chi connectivity index (χ2v) is 6.84. The van der Waals surface area contributed by atoms with E-state index in [4.69, 9.17) is 4.98 Å². The van der Waals surface area contributed by atoms with E-state index < -0.39 is 0 Å². The van der Waals surface area contributed by atoms with E-state index in [2.05, 4.69) is 84.7 Å². The van der Waals surface area contributed by atoms with Crippen molar-refractivity contribution in [1.29, 1.82) is 0 Å². The molecular formula is C25H18N2. The third kappa shape index (κ3) is 2.85. The second kappa shape index (κ2) is 6.33. The molecule has 2 heteroatoms. The molecule has 0 aliphatic carbocycles. The van der Waals surface area contributed by atoms with Gasteiger partial charge < -0.3 is 0 Å². The van der Waals surface area contributed by atoms with Gasteiger partial charge in [-0.3, -0.25) is 4.98 Å². The number of fused-ring (bicyclic) bond motifs is 2. The monoisotopic (exact) mass is 346 g/mol. The van der Waals surface area contributed by atoms with Crippen LogP contribution in [0.4, 0.5) is 0 Å². The zero-order chi connectivity index (χ0) is 18.2. The molecule has 2 nitrogen and oxygen atoms in total. The van der Waals surface area contributed by atoms with E-state index in [9.17, 15) is 0 Å². The molecule has 0 bridgehead atoms. The molecule has 3 aromatic carbocycles. The number of hydrogen-bond acceptors (Lipinski definition) is 2. The first-order chi connectivity index (χ1) is 13.3. The minimum absolute atomic E-state index is 0.894. The van der Waals surface area contributed by atoms with E-state index in [0.29, 0.717) is 0 Å². The van der Waals surface area contributed by atoms with Gasteiger partial charge in [0.25, 0.3) is 0 Å². The third-order valence-electron chi connectivity index (χ3n) is 5.01. The van der Waals surface area contributed by atoms with Gasteiger partial charge in [-0.05, 0) is 52.9 Å². The van der Waals surface area contributed by atoms with Crippen LogP contribution in [0.25, 0.3) is 44.2 Å². The average molecular weight is 346 g/mol. The van der Waals surface area contributed by atoms with E-state index in [0.717, 1.165) is 28.0 Å². The van der Waals surface area contributed by atoms with Crippen LogP contribution in [0.15, 0.2) is 91.1 Å². The summed E-state index contributed by atoms with van der Waals surface area (Å²) < 4.78 is 0. The standard InChI is InChI=1S/C25H18N2/c1-17-13-18-7-2-3-8-19(18)14-22(17)23-11-6-12-24(27-23)25-15-20-9-4-5-10-21(20)16-26-25/h2-16H,1H3. The number of aromatic nitrogens is 2. The topological polar surface area (TPSA) is 25.8 Å². The Kier molecular flexibility index (Phi) is 3.68. The molecule has 2 aromatic heterocycles. The molecule has 0 unspecified atom stereocenters. The molecule has 0 aliphatic rings. The lowest BCUT2D eigenvalue weighted by Crippen LogP contribution is -1.92. The zero-order valence-electron chi connectivity index (χ0n) is 15.1. The molecule has 0 aliphatic heterocycles. The number of pyridine rings is 2. The summed E-state index contributed by atoms with van der Waals surface area (Å²) in [5.74, 6) is 0. The van der Waals surface area contributed by atoms with Crippen LogP contribution in [0, 0.1) is 6.92 Å². The van der Waals surface area contributed by atoms with Crippen molar-refractivity contribution in [2.75, 3.05) is 0 Å². The van der Waals surface area contributed by atoms with Crippen LogP contribution in [0.1, 0.15) is 5.56 Å². The van der Waals surface area contributed by atoms with E-state index in [1.54, 1.807) is 0 Å². The molecule has 0 atom stereocenters. The third-order valence-corrected chi connectivity index (χ3v) is 5.01. The Morgan fingerprint density at radius 1 is 0.556 bits per heavy atom. The minimum atomic E-state index is 0.894. The van der Waals surface area contributed by atoms with Crippen molar-refractivity contribution in [1.82, 2.24) is 9.97 Å². The first-order valence-electron chi connectivity index (χ1n) is 9.10. The lowest BCUT2D eigenvalue weighted by atomic mass is 9.99. The summed E-state index contributed by atoms with van der Waals surface area (Å²) in [5, 5.41) is 4.81. The van der Waals surface area contributed by atoms with Gasteiger partial charge in [0.2, 0.25) is 0 Å². The summed E-state index contributed by atoms with van der Waals surface area (Å²) >= 11 is 0. The Labute approximate surface area is 158 Å². The Hall–Kier alpha value is -3.52. The number of hydrogen-bond donors (Lipinski definition) is 0. The van der Waals surface area contributed by atoms with Crippen LogP contribution in [0.5, 0.6) is 0 Å². The highest BCUT2D eigenvalue weighted by Crippen LogP contribution is 2.29. The number of benzene rings is 3. The Morgan fingerprint density at radius 2 is 1.19 bits per heavy atom. The molecule has 0 N–H and O–H groups in total. The van der Waals surface area contributed by atoms with E-state index >= 15 is 0 Å². The summed E-state index contributed by atoms with van der Waals surface area (Å²) in [6.45, 7) is 2.14. The van der Waals surface area contributed by atoms with Crippen molar-refractivity contribution < 1.29 is 0 Å². The molecule has 0 fully saturated rings. The maximum Gasteiger partial charge on any atom is 0.0893 e. The highest BCUT2D eigenvalue weighted by molar-refractivity contribution is 5.89. The van der Waals surface area contributed by atoms with Crippen LogP contribution >= 0.6 is 0 Å². The largest absolute Gasteiger partial charge is 0.254 e. The zero-order valence-corrected chi connectivity index (χ0v) is 15.1. The van der Waals surface area contributed by atoms with Gasteiger partial charge in [-0.15, -0.1) is 0 Å². The van der Waals surface area contributed by atoms with Gasteiger partial charge in [0.1, 0.15) is 0 Å². The maximum absolute atomic E-state index is 4.93. The minimum Gasteiger partial charge on any atom is -0.254 e. The fraction of sp³-hybridized carbons (Fsp3) is 0.0400. The van der Waals surface area contributed by atoms with Gasteiger partial charge in [0.15, 0.2) is 0 Å². The first kappa shape index (κ1) is 15.7. The van der Waals surface area contributed by atoms with Crippen molar-refractivity contribution in [3.63, 3.8) is 0 Å². The second-order valence-electron chi connectivity index (χ2n) is 6.84.